The van der Waals surface area contributed by atoms with Crippen molar-refractivity contribution in [3.63, 3.8) is 0 Å². The van der Waals surface area contributed by atoms with Crippen LogP contribution in [0.2, 0.25) is 0 Å². The van der Waals surface area contributed by atoms with Crippen LogP contribution in [-0.4, -0.2) is 35.2 Å². The number of aldehydes is 1. The molecule has 0 saturated carbocycles. The third-order valence-electron chi connectivity index (χ3n) is 2.97. The minimum absolute atomic E-state index is 0.314. The largest absolute Gasteiger partial charge is 0.496 e. The Hall–Kier alpha value is -2.28. The molecule has 0 atom stereocenters. The zero-order chi connectivity index (χ0) is 15.6. The van der Waals surface area contributed by atoms with Crippen molar-refractivity contribution in [3.8, 4) is 11.5 Å². The molecule has 2 rings (SSSR count). The smallest absolute Gasteiger partial charge is 0.229 e. The number of fused-ring (bicyclic) bond motifs is 1. The number of carbonyl (C=O) groups is 1. The van der Waals surface area contributed by atoms with E-state index in [1.807, 2.05) is 0 Å². The number of rotatable bonds is 5. The van der Waals surface area contributed by atoms with Crippen molar-refractivity contribution in [2.75, 3.05) is 25.2 Å². The van der Waals surface area contributed by atoms with Crippen molar-refractivity contribution in [2.45, 2.75) is 0 Å². The normalized spacial score (nSPS) is 11.2. The Morgan fingerprint density at radius 3 is 2.29 bits per heavy atom. The molecule has 0 aliphatic rings. The lowest BCUT2D eigenvalue weighted by Gasteiger charge is -2.13. The van der Waals surface area contributed by atoms with E-state index in [1.54, 1.807) is 24.3 Å². The summed E-state index contributed by atoms with van der Waals surface area (Å²) in [5.74, 6) is 0.771. The second-order valence-corrected chi connectivity index (χ2v) is 6.20. The first-order valence-electron chi connectivity index (χ1n) is 6.01. The molecule has 0 heterocycles. The first kappa shape index (κ1) is 15.1. The summed E-state index contributed by atoms with van der Waals surface area (Å²) < 4.78 is 35.5. The predicted octanol–water partition coefficient (Wildman–Crippen LogP) is 2.04. The van der Waals surface area contributed by atoms with Crippen LogP contribution < -0.4 is 14.2 Å². The number of hydrogen-bond donors (Lipinski definition) is 1. The van der Waals surface area contributed by atoms with Gasteiger partial charge in [-0.2, -0.15) is 0 Å². The summed E-state index contributed by atoms with van der Waals surface area (Å²) >= 11 is 0. The van der Waals surface area contributed by atoms with Gasteiger partial charge in [0.1, 0.15) is 11.5 Å². The van der Waals surface area contributed by atoms with Crippen molar-refractivity contribution in [1.82, 2.24) is 0 Å². The Labute approximate surface area is 122 Å². The van der Waals surface area contributed by atoms with Crippen LogP contribution in [-0.2, 0) is 10.0 Å². The second-order valence-electron chi connectivity index (χ2n) is 4.45. The summed E-state index contributed by atoms with van der Waals surface area (Å²) in [6.07, 6.45) is 1.76. The molecular formula is C14H15NO5S. The Balaban J connectivity index is 2.74. The highest BCUT2D eigenvalue weighted by molar-refractivity contribution is 7.92. The second kappa shape index (κ2) is 5.61. The highest BCUT2D eigenvalue weighted by Crippen LogP contribution is 2.35. The molecule has 21 heavy (non-hydrogen) atoms. The first-order chi connectivity index (χ1) is 9.89. The van der Waals surface area contributed by atoms with E-state index < -0.39 is 10.0 Å². The van der Waals surface area contributed by atoms with Gasteiger partial charge in [-0.25, -0.2) is 8.42 Å². The number of carbonyl (C=O) groups excluding carboxylic acids is 1. The minimum Gasteiger partial charge on any atom is -0.496 e. The van der Waals surface area contributed by atoms with Gasteiger partial charge in [0.2, 0.25) is 10.0 Å². The van der Waals surface area contributed by atoms with Gasteiger partial charge >= 0.3 is 0 Å². The molecule has 0 unspecified atom stereocenters. The lowest BCUT2D eigenvalue weighted by atomic mass is 10.0. The fourth-order valence-electron chi connectivity index (χ4n) is 2.10. The molecular weight excluding hydrogens is 294 g/mol. The van der Waals surface area contributed by atoms with Crippen LogP contribution in [0, 0.1) is 0 Å². The SMILES string of the molecule is COc1cc2c(C=O)c(OC)ccc2cc1NS(C)(=O)=O. The summed E-state index contributed by atoms with van der Waals surface area (Å²) in [6.45, 7) is 0. The van der Waals surface area contributed by atoms with Gasteiger partial charge in [0.05, 0.1) is 31.7 Å². The van der Waals surface area contributed by atoms with Crippen molar-refractivity contribution in [3.05, 3.63) is 29.8 Å². The van der Waals surface area contributed by atoms with Gasteiger partial charge in [0, 0.05) is 0 Å². The van der Waals surface area contributed by atoms with E-state index in [-0.39, 0.29) is 0 Å². The third kappa shape index (κ3) is 3.08. The number of benzene rings is 2. The van der Waals surface area contributed by atoms with Crippen LogP contribution in [0.25, 0.3) is 10.8 Å². The molecule has 0 aromatic heterocycles. The Morgan fingerprint density at radius 2 is 1.76 bits per heavy atom. The van der Waals surface area contributed by atoms with Crippen LogP contribution in [0.3, 0.4) is 0 Å². The van der Waals surface area contributed by atoms with Crippen molar-refractivity contribution >= 4 is 32.8 Å². The van der Waals surface area contributed by atoms with Crippen LogP contribution in [0.15, 0.2) is 24.3 Å². The average molecular weight is 309 g/mol. The Kier molecular flexibility index (Phi) is 4.04. The topological polar surface area (TPSA) is 81.7 Å². The van der Waals surface area contributed by atoms with Gasteiger partial charge in [-0.05, 0) is 29.0 Å². The van der Waals surface area contributed by atoms with Crippen molar-refractivity contribution in [2.24, 2.45) is 0 Å². The Bertz CT molecular complexity index is 799. The van der Waals surface area contributed by atoms with Crippen molar-refractivity contribution in [1.29, 1.82) is 0 Å². The number of methoxy groups -OCH3 is 2. The molecule has 1 N–H and O–H groups in total. The quantitative estimate of drug-likeness (QED) is 0.855. The van der Waals surface area contributed by atoms with Gasteiger partial charge in [0.25, 0.3) is 0 Å². The summed E-state index contributed by atoms with van der Waals surface area (Å²) in [7, 11) is -0.528. The highest BCUT2D eigenvalue weighted by atomic mass is 32.2. The zero-order valence-electron chi connectivity index (χ0n) is 11.8. The maximum Gasteiger partial charge on any atom is 0.229 e. The predicted molar refractivity (Wildman–Crippen MR) is 80.9 cm³/mol. The molecule has 2 aromatic rings. The molecule has 6 nitrogen and oxygen atoms in total. The monoisotopic (exact) mass is 309 g/mol. The number of sulfonamides is 1. The lowest BCUT2D eigenvalue weighted by Crippen LogP contribution is -2.10. The molecule has 112 valence electrons. The van der Waals surface area contributed by atoms with Gasteiger partial charge in [-0.1, -0.05) is 6.07 Å². The summed E-state index contributed by atoms with van der Waals surface area (Å²) in [5, 5.41) is 1.32. The van der Waals surface area contributed by atoms with Crippen LogP contribution in [0.1, 0.15) is 10.4 Å². The third-order valence-corrected chi connectivity index (χ3v) is 3.57. The zero-order valence-corrected chi connectivity index (χ0v) is 12.7. The molecule has 0 fully saturated rings. The molecule has 0 bridgehead atoms. The van der Waals surface area contributed by atoms with E-state index in [2.05, 4.69) is 4.72 Å². The maximum absolute atomic E-state index is 11.4. The van der Waals surface area contributed by atoms with Crippen molar-refractivity contribution < 1.29 is 22.7 Å². The molecule has 7 heteroatoms. The van der Waals surface area contributed by atoms with E-state index in [9.17, 15) is 13.2 Å². The minimum atomic E-state index is -3.43. The molecule has 0 radical (unpaired) electrons. The van der Waals surface area contributed by atoms with E-state index in [0.717, 1.165) is 6.26 Å². The fourth-order valence-corrected chi connectivity index (χ4v) is 2.66. The number of anilines is 1. The number of ether oxygens (including phenoxy) is 2. The van der Waals surface area contributed by atoms with E-state index in [0.29, 0.717) is 39.8 Å². The molecule has 0 spiro atoms. The standard InChI is InChI=1S/C14H15NO5S/c1-19-13-5-4-9-6-12(15-21(3,17)18)14(20-2)7-10(9)11(13)8-16/h4-8,15H,1-3H3. The highest BCUT2D eigenvalue weighted by Gasteiger charge is 2.14. The fraction of sp³-hybridized carbons (Fsp3) is 0.214. The Morgan fingerprint density at radius 1 is 1.10 bits per heavy atom. The molecule has 2 aromatic carbocycles. The molecule has 0 saturated heterocycles. The van der Waals surface area contributed by atoms with Crippen LogP contribution >= 0.6 is 0 Å². The van der Waals surface area contributed by atoms with E-state index in [4.69, 9.17) is 9.47 Å². The van der Waals surface area contributed by atoms with Gasteiger partial charge in [-0.15, -0.1) is 0 Å². The van der Waals surface area contributed by atoms with Crippen LogP contribution in [0.4, 0.5) is 5.69 Å². The summed E-state index contributed by atoms with van der Waals surface area (Å²) in [5.41, 5.74) is 0.703. The van der Waals surface area contributed by atoms with Crippen LogP contribution in [0.5, 0.6) is 11.5 Å². The average Bonchev–Trinajstić information content (AvgIpc) is 2.43. The van der Waals surface area contributed by atoms with E-state index in [1.165, 1.54) is 14.2 Å². The first-order valence-corrected chi connectivity index (χ1v) is 7.90. The van der Waals surface area contributed by atoms with Gasteiger partial charge in [0.15, 0.2) is 6.29 Å². The number of nitrogens with one attached hydrogen (secondary N) is 1. The maximum atomic E-state index is 11.4. The summed E-state index contributed by atoms with van der Waals surface area (Å²) in [6, 6.07) is 6.62. The molecule has 0 aliphatic carbocycles. The molecule has 0 aliphatic heterocycles. The summed E-state index contributed by atoms with van der Waals surface area (Å²) in [4.78, 5) is 11.3. The van der Waals surface area contributed by atoms with E-state index >= 15 is 0 Å². The number of hydrogen-bond acceptors (Lipinski definition) is 5. The lowest BCUT2D eigenvalue weighted by molar-refractivity contribution is 0.112. The van der Waals surface area contributed by atoms with Gasteiger partial charge in [-0.3, -0.25) is 9.52 Å². The van der Waals surface area contributed by atoms with Gasteiger partial charge < -0.3 is 9.47 Å². The molecule has 0 amide bonds.